The number of amides is 2. The maximum absolute atomic E-state index is 13.7. The third kappa shape index (κ3) is 6.86. The number of sulfonamides is 1. The molecule has 0 saturated carbocycles. The van der Waals surface area contributed by atoms with Gasteiger partial charge in [-0.25, -0.2) is 17.2 Å². The molecule has 0 bridgehead atoms. The molecule has 3 aromatic carbocycles. The lowest BCUT2D eigenvalue weighted by Gasteiger charge is -2.31. The van der Waals surface area contributed by atoms with Crippen molar-refractivity contribution in [2.75, 3.05) is 24.5 Å². The summed E-state index contributed by atoms with van der Waals surface area (Å²) in [5.41, 5.74) is 0.598. The van der Waals surface area contributed by atoms with Gasteiger partial charge in [0.15, 0.2) is 0 Å². The summed E-state index contributed by atoms with van der Waals surface area (Å²) >= 11 is 0. The number of halogens is 2. The highest BCUT2D eigenvalue weighted by molar-refractivity contribution is 7.92. The lowest BCUT2D eigenvalue weighted by Crippen LogP contribution is -2.50. The van der Waals surface area contributed by atoms with E-state index in [0.717, 1.165) is 16.4 Å². The van der Waals surface area contributed by atoms with Gasteiger partial charge in [0.1, 0.15) is 30.0 Å². The summed E-state index contributed by atoms with van der Waals surface area (Å²) in [6.07, 6.45) is 0. The van der Waals surface area contributed by atoms with Gasteiger partial charge in [-0.15, -0.1) is 0 Å². The van der Waals surface area contributed by atoms with Crippen LogP contribution in [0.15, 0.2) is 77.7 Å². The number of anilines is 1. The standard InChI is InChI=1S/C27H29F2N3O5S/c1-4-37-24-13-15-25(16-14-24)38(35,36)32(23-11-9-22(29)10-12-23)18-26(33)31(19(2)27(34)30-3)17-20-5-7-21(28)8-6-20/h5-16,19H,4,17-18H2,1-3H3,(H,30,34)/t19-/m1/s1. The number of nitrogens with zero attached hydrogens (tertiary/aromatic N) is 2. The van der Waals surface area contributed by atoms with Crippen molar-refractivity contribution in [2.45, 2.75) is 31.3 Å². The van der Waals surface area contributed by atoms with Crippen LogP contribution in [0.3, 0.4) is 0 Å². The second kappa shape index (κ2) is 12.5. The molecule has 1 N–H and O–H groups in total. The van der Waals surface area contributed by atoms with Crippen molar-refractivity contribution in [3.05, 3.63) is 90.0 Å². The van der Waals surface area contributed by atoms with Gasteiger partial charge >= 0.3 is 0 Å². The second-order valence-electron chi connectivity index (χ2n) is 8.33. The Kier molecular flexibility index (Phi) is 9.40. The molecule has 202 valence electrons. The van der Waals surface area contributed by atoms with Gasteiger partial charge in [0.05, 0.1) is 17.2 Å². The van der Waals surface area contributed by atoms with Crippen LogP contribution in [0.5, 0.6) is 5.75 Å². The van der Waals surface area contributed by atoms with Gasteiger partial charge in [-0.2, -0.15) is 0 Å². The Morgan fingerprint density at radius 1 is 0.921 bits per heavy atom. The van der Waals surface area contributed by atoms with E-state index >= 15 is 0 Å². The molecule has 0 aliphatic rings. The Morgan fingerprint density at radius 2 is 1.47 bits per heavy atom. The molecule has 0 saturated heterocycles. The Balaban J connectivity index is 2.00. The molecule has 0 spiro atoms. The summed E-state index contributed by atoms with van der Waals surface area (Å²) in [4.78, 5) is 27.2. The van der Waals surface area contributed by atoms with Crippen LogP contribution in [0.1, 0.15) is 19.4 Å². The Morgan fingerprint density at radius 3 is 2.00 bits per heavy atom. The van der Waals surface area contributed by atoms with Crippen LogP contribution < -0.4 is 14.4 Å². The van der Waals surface area contributed by atoms with E-state index in [1.54, 1.807) is 6.92 Å². The average Bonchev–Trinajstić information content (AvgIpc) is 2.91. The molecule has 2 amide bonds. The van der Waals surface area contributed by atoms with Crippen molar-refractivity contribution in [2.24, 2.45) is 0 Å². The van der Waals surface area contributed by atoms with Crippen LogP contribution in [0, 0.1) is 11.6 Å². The topological polar surface area (TPSA) is 96.0 Å². The second-order valence-corrected chi connectivity index (χ2v) is 10.2. The molecular formula is C27H29F2N3O5S. The van der Waals surface area contributed by atoms with E-state index in [0.29, 0.717) is 17.9 Å². The first-order valence-electron chi connectivity index (χ1n) is 11.8. The number of ether oxygens (including phenoxy) is 1. The first kappa shape index (κ1) is 28.6. The highest BCUT2D eigenvalue weighted by atomic mass is 32.2. The van der Waals surface area contributed by atoms with Gasteiger partial charge < -0.3 is 15.0 Å². The van der Waals surface area contributed by atoms with Crippen molar-refractivity contribution in [1.29, 1.82) is 0 Å². The predicted octanol–water partition coefficient (Wildman–Crippen LogP) is 3.72. The minimum Gasteiger partial charge on any atom is -0.494 e. The zero-order valence-electron chi connectivity index (χ0n) is 21.2. The third-order valence-corrected chi connectivity index (χ3v) is 7.58. The molecule has 0 aromatic heterocycles. The molecule has 0 aliphatic heterocycles. The molecule has 0 radical (unpaired) electrons. The van der Waals surface area contributed by atoms with Crippen molar-refractivity contribution >= 4 is 27.5 Å². The molecule has 0 fully saturated rings. The molecule has 0 unspecified atom stereocenters. The maximum Gasteiger partial charge on any atom is 0.264 e. The van der Waals surface area contributed by atoms with Crippen molar-refractivity contribution < 1.29 is 31.5 Å². The monoisotopic (exact) mass is 545 g/mol. The van der Waals surface area contributed by atoms with Gasteiger partial charge in [0, 0.05) is 13.6 Å². The lowest BCUT2D eigenvalue weighted by atomic mass is 10.1. The van der Waals surface area contributed by atoms with Gasteiger partial charge in [-0.1, -0.05) is 12.1 Å². The van der Waals surface area contributed by atoms with Crippen LogP contribution in [0.2, 0.25) is 0 Å². The van der Waals surface area contributed by atoms with E-state index in [2.05, 4.69) is 5.32 Å². The normalized spacial score (nSPS) is 11.9. The van der Waals surface area contributed by atoms with Gasteiger partial charge in [0.2, 0.25) is 11.8 Å². The van der Waals surface area contributed by atoms with E-state index in [4.69, 9.17) is 4.74 Å². The van der Waals surface area contributed by atoms with Gasteiger partial charge in [-0.05, 0) is 80.1 Å². The molecule has 0 heterocycles. The summed E-state index contributed by atoms with van der Waals surface area (Å²) in [6, 6.07) is 14.8. The van der Waals surface area contributed by atoms with E-state index in [1.807, 2.05) is 0 Å². The van der Waals surface area contributed by atoms with Crippen molar-refractivity contribution in [3.63, 3.8) is 0 Å². The number of carbonyl (C=O) groups is 2. The number of hydrogen-bond acceptors (Lipinski definition) is 5. The maximum atomic E-state index is 13.7. The smallest absolute Gasteiger partial charge is 0.264 e. The van der Waals surface area contributed by atoms with E-state index < -0.39 is 46.1 Å². The summed E-state index contributed by atoms with van der Waals surface area (Å²) < 4.78 is 60.7. The Hall–Kier alpha value is -3.99. The fraction of sp³-hybridized carbons (Fsp3) is 0.259. The molecule has 8 nitrogen and oxygen atoms in total. The molecule has 1 atom stereocenters. The first-order chi connectivity index (χ1) is 18.1. The number of likely N-dealkylation sites (N-methyl/N-ethyl adjacent to an activating group) is 1. The number of carbonyl (C=O) groups excluding carboxylic acids is 2. The molecular weight excluding hydrogens is 516 g/mol. The van der Waals surface area contributed by atoms with E-state index in [9.17, 15) is 26.8 Å². The van der Waals surface area contributed by atoms with Crippen LogP contribution in [0.25, 0.3) is 0 Å². The highest BCUT2D eigenvalue weighted by Gasteiger charge is 2.32. The number of benzene rings is 3. The van der Waals surface area contributed by atoms with Crippen LogP contribution in [-0.2, 0) is 26.2 Å². The fourth-order valence-corrected chi connectivity index (χ4v) is 5.13. The van der Waals surface area contributed by atoms with E-state index in [-0.39, 0.29) is 17.1 Å². The van der Waals surface area contributed by atoms with Crippen LogP contribution in [0.4, 0.5) is 14.5 Å². The summed E-state index contributed by atoms with van der Waals surface area (Å²) in [7, 11) is -2.88. The van der Waals surface area contributed by atoms with Crippen LogP contribution >= 0.6 is 0 Å². The Labute approximate surface area is 220 Å². The molecule has 0 aliphatic carbocycles. The third-order valence-electron chi connectivity index (χ3n) is 5.80. The number of hydrogen-bond donors (Lipinski definition) is 1. The highest BCUT2D eigenvalue weighted by Crippen LogP contribution is 2.26. The summed E-state index contributed by atoms with van der Waals surface area (Å²) in [5.74, 6) is -1.73. The zero-order chi connectivity index (χ0) is 27.9. The molecule has 3 aromatic rings. The number of nitrogens with one attached hydrogen (secondary N) is 1. The lowest BCUT2D eigenvalue weighted by molar-refractivity contribution is -0.139. The zero-order valence-corrected chi connectivity index (χ0v) is 22.0. The van der Waals surface area contributed by atoms with Crippen molar-refractivity contribution in [3.8, 4) is 5.75 Å². The largest absolute Gasteiger partial charge is 0.494 e. The van der Waals surface area contributed by atoms with Crippen molar-refractivity contribution in [1.82, 2.24) is 10.2 Å². The molecule has 3 rings (SSSR count). The molecule has 11 heteroatoms. The van der Waals surface area contributed by atoms with E-state index in [1.165, 1.54) is 79.5 Å². The fourth-order valence-electron chi connectivity index (χ4n) is 3.72. The van der Waals surface area contributed by atoms with Gasteiger partial charge in [-0.3, -0.25) is 13.9 Å². The minimum absolute atomic E-state index is 0.0583. The summed E-state index contributed by atoms with van der Waals surface area (Å²) in [5, 5.41) is 2.48. The average molecular weight is 546 g/mol. The number of rotatable bonds is 11. The quantitative estimate of drug-likeness (QED) is 0.396. The summed E-state index contributed by atoms with van der Waals surface area (Å²) in [6.45, 7) is 2.95. The minimum atomic E-state index is -4.30. The Bertz CT molecular complexity index is 1350. The molecule has 38 heavy (non-hydrogen) atoms. The van der Waals surface area contributed by atoms with Crippen LogP contribution in [-0.4, -0.2) is 51.4 Å². The first-order valence-corrected chi connectivity index (χ1v) is 13.3. The predicted molar refractivity (Wildman–Crippen MR) is 139 cm³/mol. The van der Waals surface area contributed by atoms with Gasteiger partial charge in [0.25, 0.3) is 10.0 Å². The SMILES string of the molecule is CCOc1ccc(S(=O)(=O)N(CC(=O)N(Cc2ccc(F)cc2)[C@H](C)C(=O)NC)c2ccc(F)cc2)cc1.